The number of nitrogens with zero attached hydrogens (tertiary/aromatic N) is 2. The van der Waals surface area contributed by atoms with Crippen LogP contribution in [0.15, 0.2) is 122 Å². The van der Waals surface area contributed by atoms with Crippen molar-refractivity contribution in [2.45, 2.75) is 13.1 Å². The second-order valence-electron chi connectivity index (χ2n) is 9.16. The lowest BCUT2D eigenvalue weighted by atomic mass is 10.2. The maximum Gasteiger partial charge on any atom is 0.117 e. The third-order valence-corrected chi connectivity index (χ3v) is 10.3. The molecule has 0 spiro atoms. The van der Waals surface area contributed by atoms with E-state index in [0.717, 1.165) is 0 Å². The van der Waals surface area contributed by atoms with Crippen LogP contribution in [0.25, 0.3) is 33.2 Å². The van der Waals surface area contributed by atoms with Crippen molar-refractivity contribution in [2.24, 2.45) is 0 Å². The minimum absolute atomic E-state index is 1.21. The lowest BCUT2D eigenvalue weighted by molar-refractivity contribution is 1.13. The largest absolute Gasteiger partial charge is 0.317 e. The van der Waals surface area contributed by atoms with Crippen molar-refractivity contribution in [3.63, 3.8) is 0 Å². The molecule has 0 bridgehead atoms. The van der Waals surface area contributed by atoms with Crippen LogP contribution in [-0.2, 0) is 0 Å². The Labute approximate surface area is 195 Å². The zero-order chi connectivity index (χ0) is 22.4. The Morgan fingerprint density at radius 2 is 0.818 bits per heavy atom. The average Bonchev–Trinajstić information content (AvgIpc) is 3.46. The van der Waals surface area contributed by atoms with Gasteiger partial charge in [-0.3, -0.25) is 0 Å². The predicted octanol–water partition coefficient (Wildman–Crippen LogP) is 6.40. The van der Waals surface area contributed by atoms with Crippen molar-refractivity contribution in [1.82, 2.24) is 9.13 Å². The molecule has 6 rings (SSSR count). The third-order valence-electron chi connectivity index (χ3n) is 6.84. The summed E-state index contributed by atoms with van der Waals surface area (Å²) in [5, 5.41) is 5.65. The first kappa shape index (κ1) is 19.8. The summed E-state index contributed by atoms with van der Waals surface area (Å²) in [6, 6.07) is 39.0. The van der Waals surface area contributed by atoms with E-state index in [0.29, 0.717) is 0 Å². The smallest absolute Gasteiger partial charge is 0.117 e. The quantitative estimate of drug-likeness (QED) is 0.280. The highest BCUT2D eigenvalue weighted by molar-refractivity contribution is 7.03. The van der Waals surface area contributed by atoms with Crippen molar-refractivity contribution in [3.05, 3.63) is 122 Å². The van der Waals surface area contributed by atoms with Crippen molar-refractivity contribution in [3.8, 4) is 11.4 Å². The maximum absolute atomic E-state index is 2.49. The lowest BCUT2D eigenvalue weighted by Crippen LogP contribution is -2.52. The highest BCUT2D eigenvalue weighted by atomic mass is 28.3. The number of hydrogen-bond donors (Lipinski definition) is 0. The van der Waals surface area contributed by atoms with Gasteiger partial charge in [0.1, 0.15) is 8.07 Å². The highest BCUT2D eigenvalue weighted by Crippen LogP contribution is 2.26. The lowest BCUT2D eigenvalue weighted by Gasteiger charge is -2.22. The van der Waals surface area contributed by atoms with Gasteiger partial charge in [-0.25, -0.2) is 0 Å². The van der Waals surface area contributed by atoms with Gasteiger partial charge in [0.25, 0.3) is 0 Å². The number of fused-ring (bicyclic) bond motifs is 2. The molecule has 33 heavy (non-hydrogen) atoms. The summed E-state index contributed by atoms with van der Waals surface area (Å²) in [7, 11) is -2.05. The topological polar surface area (TPSA) is 9.86 Å². The zero-order valence-electron chi connectivity index (χ0n) is 18.9. The van der Waals surface area contributed by atoms with Crippen LogP contribution < -0.4 is 10.4 Å². The molecular weight excluding hydrogens is 416 g/mol. The summed E-state index contributed by atoms with van der Waals surface area (Å²) in [6.45, 7) is 4.97. The molecule has 2 heterocycles. The Hall–Kier alpha value is -3.82. The molecule has 0 atom stereocenters. The average molecular weight is 443 g/mol. The van der Waals surface area contributed by atoms with Crippen LogP contribution in [0.2, 0.25) is 13.1 Å². The van der Waals surface area contributed by atoms with Gasteiger partial charge in [-0.1, -0.05) is 85.9 Å². The Morgan fingerprint density at radius 3 is 1.24 bits per heavy atom. The van der Waals surface area contributed by atoms with E-state index >= 15 is 0 Å². The molecule has 6 aromatic rings. The fourth-order valence-corrected chi connectivity index (χ4v) is 8.07. The molecule has 2 aromatic heterocycles. The number of para-hydroxylation sites is 4. The summed E-state index contributed by atoms with van der Waals surface area (Å²) in [4.78, 5) is 0. The summed E-state index contributed by atoms with van der Waals surface area (Å²) >= 11 is 0. The normalized spacial score (nSPS) is 11.9. The maximum atomic E-state index is 2.49. The van der Waals surface area contributed by atoms with E-state index in [1.807, 2.05) is 0 Å². The van der Waals surface area contributed by atoms with Crippen molar-refractivity contribution in [1.29, 1.82) is 0 Å². The minimum Gasteiger partial charge on any atom is -0.317 e. The molecule has 0 fully saturated rings. The number of hydrogen-bond acceptors (Lipinski definition) is 0. The van der Waals surface area contributed by atoms with E-state index in [-0.39, 0.29) is 0 Å². The Morgan fingerprint density at radius 1 is 0.455 bits per heavy atom. The molecule has 0 aliphatic carbocycles. The molecule has 3 heteroatoms. The first-order valence-corrected chi connectivity index (χ1v) is 14.5. The van der Waals surface area contributed by atoms with E-state index in [4.69, 9.17) is 0 Å². The molecule has 2 nitrogen and oxygen atoms in total. The van der Waals surface area contributed by atoms with Crippen LogP contribution in [0.1, 0.15) is 0 Å². The highest BCUT2D eigenvalue weighted by Gasteiger charge is 2.33. The second-order valence-corrected chi connectivity index (χ2v) is 13.5. The van der Waals surface area contributed by atoms with Gasteiger partial charge in [0, 0.05) is 23.8 Å². The molecule has 0 radical (unpaired) electrons. The van der Waals surface area contributed by atoms with E-state index in [2.05, 4.69) is 144 Å². The standard InChI is InChI=1S/C30H26N2Si/c1-33(2,29-21-31(23-13-5-3-6-14-23)27-19-11-9-17-25(27)29)30-22-32(24-15-7-4-8-16-24)28-20-12-10-18-26(28)30/h3-22H,1-2H3. The van der Waals surface area contributed by atoms with Crippen molar-refractivity contribution in [2.75, 3.05) is 0 Å². The molecule has 0 aliphatic rings. The summed E-state index contributed by atoms with van der Waals surface area (Å²) in [5.41, 5.74) is 4.95. The monoisotopic (exact) mass is 442 g/mol. The Bertz CT molecular complexity index is 1450. The van der Waals surface area contributed by atoms with E-state index in [1.54, 1.807) is 0 Å². The van der Waals surface area contributed by atoms with Gasteiger partial charge in [-0.15, -0.1) is 0 Å². The number of benzene rings is 4. The fourth-order valence-electron chi connectivity index (χ4n) is 5.10. The van der Waals surface area contributed by atoms with Gasteiger partial charge in [0.15, 0.2) is 0 Å². The van der Waals surface area contributed by atoms with Crippen LogP contribution in [0.3, 0.4) is 0 Å². The number of aromatic nitrogens is 2. The Kier molecular flexibility index (Phi) is 4.59. The molecule has 0 aliphatic heterocycles. The first-order valence-electron chi connectivity index (χ1n) is 11.5. The van der Waals surface area contributed by atoms with Crippen LogP contribution in [0, 0.1) is 0 Å². The van der Waals surface area contributed by atoms with Crippen LogP contribution in [0.4, 0.5) is 0 Å². The molecule has 4 aromatic carbocycles. The minimum atomic E-state index is -2.05. The van der Waals surface area contributed by atoms with Crippen molar-refractivity contribution < 1.29 is 0 Å². The van der Waals surface area contributed by atoms with Crippen LogP contribution in [0.5, 0.6) is 0 Å². The summed E-state index contributed by atoms with van der Waals surface area (Å²) in [6.07, 6.45) is 4.78. The van der Waals surface area contributed by atoms with Gasteiger partial charge in [0.05, 0.1) is 11.0 Å². The SMILES string of the molecule is C[Si](C)(c1cn(-c2ccccc2)c2ccccc12)c1cn(-c2ccccc2)c2ccccc12. The van der Waals surface area contributed by atoms with Crippen LogP contribution >= 0.6 is 0 Å². The van der Waals surface area contributed by atoms with Crippen LogP contribution in [-0.4, -0.2) is 17.2 Å². The molecule has 0 unspecified atom stereocenters. The second kappa shape index (κ2) is 7.64. The fraction of sp³-hybridized carbons (Fsp3) is 0.0667. The molecule has 0 amide bonds. The van der Waals surface area contributed by atoms with Gasteiger partial charge >= 0.3 is 0 Å². The van der Waals surface area contributed by atoms with E-state index in [1.165, 1.54) is 43.6 Å². The van der Waals surface area contributed by atoms with Gasteiger partial charge in [-0.2, -0.15) is 0 Å². The number of rotatable bonds is 4. The van der Waals surface area contributed by atoms with Gasteiger partial charge in [0.2, 0.25) is 0 Å². The van der Waals surface area contributed by atoms with E-state index < -0.39 is 8.07 Å². The van der Waals surface area contributed by atoms with Gasteiger partial charge < -0.3 is 9.13 Å². The molecular formula is C30H26N2Si. The predicted molar refractivity (Wildman–Crippen MR) is 143 cm³/mol. The summed E-state index contributed by atoms with van der Waals surface area (Å²) < 4.78 is 4.71. The summed E-state index contributed by atoms with van der Waals surface area (Å²) in [5.74, 6) is 0. The zero-order valence-corrected chi connectivity index (χ0v) is 19.9. The molecule has 0 saturated heterocycles. The Balaban J connectivity index is 1.61. The van der Waals surface area contributed by atoms with E-state index in [9.17, 15) is 0 Å². The first-order chi connectivity index (χ1) is 16.1. The molecule has 0 saturated carbocycles. The van der Waals surface area contributed by atoms with Gasteiger partial charge in [-0.05, 0) is 57.5 Å². The van der Waals surface area contributed by atoms with Crippen molar-refractivity contribution >= 4 is 40.3 Å². The third kappa shape index (κ3) is 3.16. The molecule has 160 valence electrons. The molecule has 0 N–H and O–H groups in total.